The van der Waals surface area contributed by atoms with Gasteiger partial charge in [0.05, 0.1) is 17.4 Å². The first-order valence-electron chi connectivity index (χ1n) is 10.1. The Morgan fingerprint density at radius 1 is 0.938 bits per heavy atom. The van der Waals surface area contributed by atoms with E-state index < -0.39 is 5.91 Å². The van der Waals surface area contributed by atoms with Crippen LogP contribution < -0.4 is 11.1 Å². The molecule has 0 saturated heterocycles. The highest BCUT2D eigenvalue weighted by molar-refractivity contribution is 6.09. The van der Waals surface area contributed by atoms with Gasteiger partial charge in [-0.15, -0.1) is 0 Å². The molecule has 0 atom stereocenters. The molecule has 0 bridgehead atoms. The zero-order valence-corrected chi connectivity index (χ0v) is 16.8. The van der Waals surface area contributed by atoms with Crippen LogP contribution in [0.2, 0.25) is 0 Å². The van der Waals surface area contributed by atoms with Crippen LogP contribution in [-0.2, 0) is 0 Å². The van der Waals surface area contributed by atoms with Crippen LogP contribution in [0, 0.1) is 0 Å². The number of anilines is 2. The van der Waals surface area contributed by atoms with Crippen molar-refractivity contribution in [1.82, 2.24) is 14.6 Å². The highest BCUT2D eigenvalue weighted by Gasteiger charge is 2.15. The zero-order chi connectivity index (χ0) is 21.7. The van der Waals surface area contributed by atoms with Crippen LogP contribution in [0.25, 0.3) is 38.7 Å². The predicted octanol–water partition coefficient (Wildman–Crippen LogP) is 5.14. The van der Waals surface area contributed by atoms with E-state index in [-0.39, 0.29) is 0 Å². The Morgan fingerprint density at radius 2 is 1.75 bits per heavy atom. The Kier molecular flexibility index (Phi) is 3.94. The number of hydrogen-bond donors (Lipinski definition) is 2. The Bertz CT molecular complexity index is 1630. The molecule has 7 heteroatoms. The number of nitrogens with zero attached hydrogens (tertiary/aromatic N) is 3. The standard InChI is InChI=1S/C25H17N5O2/c26-24(31)15-8-10-16(11-9-15)28-25-29-21(14-17-12-13-27-30(17)25)20-6-3-5-19-18-4-1-2-7-22(18)32-23(19)20/h1-14H,(H2,26,31)(H,28,29). The molecule has 3 aromatic heterocycles. The third kappa shape index (κ3) is 2.87. The first-order valence-corrected chi connectivity index (χ1v) is 10.1. The van der Waals surface area contributed by atoms with Crippen LogP contribution in [0.1, 0.15) is 10.4 Å². The lowest BCUT2D eigenvalue weighted by atomic mass is 10.1. The summed E-state index contributed by atoms with van der Waals surface area (Å²) in [6, 6.07) is 24.9. The summed E-state index contributed by atoms with van der Waals surface area (Å²) in [5.41, 5.74) is 10.7. The fraction of sp³-hybridized carbons (Fsp3) is 0. The fourth-order valence-electron chi connectivity index (χ4n) is 3.95. The number of carbonyl (C=O) groups excluding carboxylic acids is 1. The Labute approximate surface area is 182 Å². The van der Waals surface area contributed by atoms with Crippen molar-refractivity contribution in [3.8, 4) is 11.3 Å². The van der Waals surface area contributed by atoms with Gasteiger partial charge in [0, 0.05) is 27.6 Å². The van der Waals surface area contributed by atoms with E-state index in [1.54, 1.807) is 35.0 Å². The number of rotatable bonds is 4. The summed E-state index contributed by atoms with van der Waals surface area (Å²) in [4.78, 5) is 16.2. The lowest BCUT2D eigenvalue weighted by molar-refractivity contribution is 0.100. The number of furan rings is 1. The maximum Gasteiger partial charge on any atom is 0.248 e. The second-order valence-corrected chi connectivity index (χ2v) is 7.48. The monoisotopic (exact) mass is 419 g/mol. The molecule has 3 aromatic carbocycles. The van der Waals surface area contributed by atoms with Crippen LogP contribution in [0.3, 0.4) is 0 Å². The lowest BCUT2D eigenvalue weighted by Gasteiger charge is -2.11. The molecule has 0 saturated carbocycles. The number of fused-ring (bicyclic) bond motifs is 4. The molecule has 0 spiro atoms. The quantitative estimate of drug-likeness (QED) is 0.412. The fourth-order valence-corrected chi connectivity index (χ4v) is 3.95. The number of nitrogens with two attached hydrogens (primary N) is 1. The highest BCUT2D eigenvalue weighted by Crippen LogP contribution is 2.35. The second-order valence-electron chi connectivity index (χ2n) is 7.48. The van der Waals surface area contributed by atoms with Crippen molar-refractivity contribution in [1.29, 1.82) is 0 Å². The van der Waals surface area contributed by atoms with Gasteiger partial charge in [-0.3, -0.25) is 4.79 Å². The molecule has 6 rings (SSSR count). The van der Waals surface area contributed by atoms with Gasteiger partial charge in [0.15, 0.2) is 0 Å². The number of carbonyl (C=O) groups is 1. The van der Waals surface area contributed by atoms with Crippen molar-refractivity contribution in [2.24, 2.45) is 5.73 Å². The van der Waals surface area contributed by atoms with Crippen molar-refractivity contribution in [2.75, 3.05) is 5.32 Å². The molecule has 0 aliphatic heterocycles. The summed E-state index contributed by atoms with van der Waals surface area (Å²) in [6.07, 6.45) is 1.73. The minimum absolute atomic E-state index is 0.443. The molecule has 6 aromatic rings. The van der Waals surface area contributed by atoms with Crippen LogP contribution in [0.5, 0.6) is 0 Å². The summed E-state index contributed by atoms with van der Waals surface area (Å²) in [7, 11) is 0. The van der Waals surface area contributed by atoms with Crippen LogP contribution in [0.15, 0.2) is 89.5 Å². The predicted molar refractivity (Wildman–Crippen MR) is 124 cm³/mol. The summed E-state index contributed by atoms with van der Waals surface area (Å²) in [5.74, 6) is 0.0764. The number of primary amides is 1. The van der Waals surface area contributed by atoms with Crippen molar-refractivity contribution in [3.63, 3.8) is 0 Å². The smallest absolute Gasteiger partial charge is 0.248 e. The Morgan fingerprint density at radius 3 is 2.59 bits per heavy atom. The highest BCUT2D eigenvalue weighted by atomic mass is 16.3. The maximum absolute atomic E-state index is 11.4. The molecular formula is C25H17N5O2. The van der Waals surface area contributed by atoms with E-state index in [0.717, 1.165) is 44.4 Å². The lowest BCUT2D eigenvalue weighted by Crippen LogP contribution is -2.10. The van der Waals surface area contributed by atoms with Gasteiger partial charge in [-0.05, 0) is 48.5 Å². The third-order valence-electron chi connectivity index (χ3n) is 5.49. The summed E-state index contributed by atoms with van der Waals surface area (Å²) >= 11 is 0. The first kappa shape index (κ1) is 18.1. The number of aromatic nitrogens is 3. The number of para-hydroxylation sites is 2. The van der Waals surface area contributed by atoms with E-state index in [1.807, 2.05) is 42.5 Å². The van der Waals surface area contributed by atoms with E-state index in [4.69, 9.17) is 15.1 Å². The average molecular weight is 419 g/mol. The normalized spacial score (nSPS) is 11.4. The Balaban J connectivity index is 1.50. The van der Waals surface area contributed by atoms with Crippen LogP contribution >= 0.6 is 0 Å². The van der Waals surface area contributed by atoms with Crippen molar-refractivity contribution in [3.05, 3.63) is 90.6 Å². The largest absolute Gasteiger partial charge is 0.455 e. The first-order chi connectivity index (χ1) is 15.7. The van der Waals surface area contributed by atoms with Crippen LogP contribution in [0.4, 0.5) is 11.6 Å². The summed E-state index contributed by atoms with van der Waals surface area (Å²) in [6.45, 7) is 0. The molecule has 0 fully saturated rings. The number of benzene rings is 3. The maximum atomic E-state index is 11.4. The van der Waals surface area contributed by atoms with E-state index >= 15 is 0 Å². The van der Waals surface area contributed by atoms with E-state index in [1.165, 1.54) is 0 Å². The molecule has 0 aliphatic rings. The SMILES string of the molecule is NC(=O)c1ccc(Nc2nc(-c3cccc4c3oc3ccccc34)cc3ccnn23)cc1. The molecule has 0 unspecified atom stereocenters. The number of amides is 1. The number of hydrogen-bond acceptors (Lipinski definition) is 5. The van der Waals surface area contributed by atoms with Crippen molar-refractivity contribution >= 4 is 45.0 Å². The average Bonchev–Trinajstić information content (AvgIpc) is 3.44. The van der Waals surface area contributed by atoms with Crippen LogP contribution in [-0.4, -0.2) is 20.5 Å². The molecule has 0 radical (unpaired) electrons. The summed E-state index contributed by atoms with van der Waals surface area (Å²) < 4.78 is 7.93. The van der Waals surface area contributed by atoms with Gasteiger partial charge in [-0.2, -0.15) is 5.10 Å². The van der Waals surface area contributed by atoms with Gasteiger partial charge < -0.3 is 15.5 Å². The third-order valence-corrected chi connectivity index (χ3v) is 5.49. The van der Waals surface area contributed by atoms with Gasteiger partial charge in [0.2, 0.25) is 11.9 Å². The molecular weight excluding hydrogens is 402 g/mol. The van der Waals surface area contributed by atoms with Gasteiger partial charge in [0.1, 0.15) is 11.2 Å². The molecule has 0 aliphatic carbocycles. The van der Waals surface area contributed by atoms with E-state index in [2.05, 4.69) is 22.5 Å². The molecule has 1 amide bonds. The van der Waals surface area contributed by atoms with Crippen molar-refractivity contribution in [2.45, 2.75) is 0 Å². The van der Waals surface area contributed by atoms with Gasteiger partial charge in [0.25, 0.3) is 0 Å². The van der Waals surface area contributed by atoms with Crippen molar-refractivity contribution < 1.29 is 9.21 Å². The minimum atomic E-state index is -0.468. The van der Waals surface area contributed by atoms with Gasteiger partial charge in [-0.25, -0.2) is 9.50 Å². The zero-order valence-electron chi connectivity index (χ0n) is 16.8. The van der Waals surface area contributed by atoms with E-state index in [0.29, 0.717) is 11.5 Å². The molecule has 3 N–H and O–H groups in total. The minimum Gasteiger partial charge on any atom is -0.455 e. The molecule has 32 heavy (non-hydrogen) atoms. The van der Waals surface area contributed by atoms with Gasteiger partial charge in [-0.1, -0.05) is 30.3 Å². The topological polar surface area (TPSA) is 98.5 Å². The van der Waals surface area contributed by atoms with Gasteiger partial charge >= 0.3 is 0 Å². The molecule has 7 nitrogen and oxygen atoms in total. The molecule has 154 valence electrons. The number of nitrogens with one attached hydrogen (secondary N) is 1. The Hall–Kier alpha value is -4.65. The second kappa shape index (κ2) is 6.95. The molecule has 3 heterocycles. The summed E-state index contributed by atoms with van der Waals surface area (Å²) in [5, 5.41) is 9.80. The van der Waals surface area contributed by atoms with E-state index in [9.17, 15) is 4.79 Å².